The first-order valence-electron chi connectivity index (χ1n) is 7.08. The molecule has 0 heterocycles. The third-order valence-electron chi connectivity index (χ3n) is 3.06. The van der Waals surface area contributed by atoms with Crippen molar-refractivity contribution in [2.24, 2.45) is 0 Å². The van der Waals surface area contributed by atoms with E-state index in [1.807, 2.05) is 6.92 Å². The van der Waals surface area contributed by atoms with E-state index in [0.29, 0.717) is 12.5 Å². The third kappa shape index (κ3) is 5.86. The molecular formula is C14H18ClF3N2O3S. The van der Waals surface area contributed by atoms with Gasteiger partial charge in [-0.15, -0.1) is 0 Å². The second-order valence-corrected chi connectivity index (χ2v) is 7.41. The molecule has 0 fully saturated rings. The fraction of sp³-hybridized carbons (Fsp3) is 0.500. The molecule has 1 N–H and O–H groups in total. The molecule has 0 aliphatic rings. The Morgan fingerprint density at radius 3 is 2.46 bits per heavy atom. The fourth-order valence-electron chi connectivity index (χ4n) is 1.98. The van der Waals surface area contributed by atoms with Crippen molar-refractivity contribution in [3.8, 4) is 0 Å². The van der Waals surface area contributed by atoms with Crippen molar-refractivity contribution < 1.29 is 26.4 Å². The number of sulfonamides is 1. The van der Waals surface area contributed by atoms with Crippen LogP contribution in [0.4, 0.5) is 18.9 Å². The van der Waals surface area contributed by atoms with Crippen LogP contribution in [0.25, 0.3) is 0 Å². The molecule has 0 unspecified atom stereocenters. The second-order valence-electron chi connectivity index (χ2n) is 5.10. The molecule has 24 heavy (non-hydrogen) atoms. The van der Waals surface area contributed by atoms with E-state index in [4.69, 9.17) is 11.6 Å². The lowest BCUT2D eigenvalue weighted by molar-refractivity contribution is -0.137. The molecule has 1 aromatic rings. The summed E-state index contributed by atoms with van der Waals surface area (Å²) in [4.78, 5) is 11.4. The zero-order chi connectivity index (χ0) is 18.5. The van der Waals surface area contributed by atoms with Gasteiger partial charge in [-0.3, -0.25) is 9.10 Å². The molecule has 1 amide bonds. The summed E-state index contributed by atoms with van der Waals surface area (Å²) in [6, 6.07) is 2.86. The van der Waals surface area contributed by atoms with Gasteiger partial charge in [-0.2, -0.15) is 13.2 Å². The van der Waals surface area contributed by atoms with Gasteiger partial charge in [0.2, 0.25) is 15.9 Å². The minimum atomic E-state index is -4.70. The minimum Gasteiger partial charge on any atom is -0.354 e. The minimum absolute atomic E-state index is 0.0180. The van der Waals surface area contributed by atoms with Crippen LogP contribution in [0.3, 0.4) is 0 Å². The summed E-state index contributed by atoms with van der Waals surface area (Å²) in [5, 5.41) is 2.00. The number of hydrogen-bond acceptors (Lipinski definition) is 3. The van der Waals surface area contributed by atoms with E-state index >= 15 is 0 Å². The van der Waals surface area contributed by atoms with E-state index in [0.717, 1.165) is 16.6 Å². The largest absolute Gasteiger partial charge is 0.417 e. The summed E-state index contributed by atoms with van der Waals surface area (Å²) in [6.45, 7) is 1.61. The maximum absolute atomic E-state index is 12.9. The highest BCUT2D eigenvalue weighted by Gasteiger charge is 2.34. The van der Waals surface area contributed by atoms with Crippen LogP contribution >= 0.6 is 11.6 Å². The van der Waals surface area contributed by atoms with Gasteiger partial charge in [-0.05, 0) is 24.6 Å². The summed E-state index contributed by atoms with van der Waals surface area (Å²) in [5.74, 6) is -0.252. The SMILES string of the molecule is CCCC(=O)NCCN(c1ccc(Cl)c(C(F)(F)F)c1)S(C)(=O)=O. The van der Waals surface area contributed by atoms with Gasteiger partial charge in [0, 0.05) is 13.0 Å². The van der Waals surface area contributed by atoms with Crippen LogP contribution in [0.2, 0.25) is 5.02 Å². The average molecular weight is 387 g/mol. The van der Waals surface area contributed by atoms with E-state index in [9.17, 15) is 26.4 Å². The Labute approximate surface area is 143 Å². The van der Waals surface area contributed by atoms with Crippen LogP contribution in [0.15, 0.2) is 18.2 Å². The lowest BCUT2D eigenvalue weighted by atomic mass is 10.2. The van der Waals surface area contributed by atoms with Crippen molar-refractivity contribution in [1.29, 1.82) is 0 Å². The van der Waals surface area contributed by atoms with E-state index in [1.54, 1.807) is 0 Å². The molecule has 0 aromatic heterocycles. The highest BCUT2D eigenvalue weighted by atomic mass is 35.5. The van der Waals surface area contributed by atoms with Gasteiger partial charge in [0.05, 0.1) is 29.1 Å². The van der Waals surface area contributed by atoms with E-state index in [1.165, 1.54) is 6.07 Å². The van der Waals surface area contributed by atoms with Gasteiger partial charge in [0.15, 0.2) is 0 Å². The van der Waals surface area contributed by atoms with E-state index in [2.05, 4.69) is 5.32 Å². The van der Waals surface area contributed by atoms with Crippen LogP contribution in [-0.4, -0.2) is 33.7 Å². The lowest BCUT2D eigenvalue weighted by Crippen LogP contribution is -2.38. The quantitative estimate of drug-likeness (QED) is 0.783. The van der Waals surface area contributed by atoms with Crippen LogP contribution in [0, 0.1) is 0 Å². The first-order chi connectivity index (χ1) is 11.0. The standard InChI is InChI=1S/C14H18ClF3N2O3S/c1-3-4-13(21)19-7-8-20(24(2,22)23)10-5-6-12(15)11(9-10)14(16,17)18/h5-6,9H,3-4,7-8H2,1-2H3,(H,19,21). The topological polar surface area (TPSA) is 66.5 Å². The Hall–Kier alpha value is -1.48. The van der Waals surface area contributed by atoms with Gasteiger partial charge in [-0.25, -0.2) is 8.42 Å². The predicted molar refractivity (Wildman–Crippen MR) is 86.6 cm³/mol. The Balaban J connectivity index is 3.04. The Bertz CT molecular complexity index is 693. The number of nitrogens with one attached hydrogen (secondary N) is 1. The Kier molecular flexibility index (Phi) is 6.91. The maximum atomic E-state index is 12.9. The number of rotatable bonds is 7. The van der Waals surface area contributed by atoms with Gasteiger partial charge < -0.3 is 5.32 Å². The molecule has 0 spiro atoms. The van der Waals surface area contributed by atoms with Crippen molar-refractivity contribution >= 4 is 33.2 Å². The highest BCUT2D eigenvalue weighted by molar-refractivity contribution is 7.92. The third-order valence-corrected chi connectivity index (χ3v) is 4.58. The van der Waals surface area contributed by atoms with Gasteiger partial charge >= 0.3 is 6.18 Å². The fourth-order valence-corrected chi connectivity index (χ4v) is 3.13. The van der Waals surface area contributed by atoms with Crippen LogP contribution in [0.1, 0.15) is 25.3 Å². The summed E-state index contributed by atoms with van der Waals surface area (Å²) >= 11 is 5.54. The number of carbonyl (C=O) groups excluding carboxylic acids is 1. The van der Waals surface area contributed by atoms with Crippen molar-refractivity contribution in [3.63, 3.8) is 0 Å². The van der Waals surface area contributed by atoms with E-state index < -0.39 is 26.8 Å². The average Bonchev–Trinajstić information content (AvgIpc) is 2.42. The first kappa shape index (κ1) is 20.6. The number of alkyl halides is 3. The van der Waals surface area contributed by atoms with Gasteiger partial charge in [0.25, 0.3) is 0 Å². The normalized spacial score (nSPS) is 12.1. The monoisotopic (exact) mass is 386 g/mol. The summed E-state index contributed by atoms with van der Waals surface area (Å²) in [7, 11) is -3.83. The number of benzene rings is 1. The van der Waals surface area contributed by atoms with Crippen molar-refractivity contribution in [2.45, 2.75) is 25.9 Å². The predicted octanol–water partition coefficient (Wildman–Crippen LogP) is 3.04. The van der Waals surface area contributed by atoms with Crippen molar-refractivity contribution in [1.82, 2.24) is 5.32 Å². The molecule has 0 aliphatic carbocycles. The summed E-state index contributed by atoms with van der Waals surface area (Å²) < 4.78 is 63.3. The smallest absolute Gasteiger partial charge is 0.354 e. The van der Waals surface area contributed by atoms with Crippen LogP contribution in [0.5, 0.6) is 0 Å². The van der Waals surface area contributed by atoms with Crippen molar-refractivity contribution in [3.05, 3.63) is 28.8 Å². The zero-order valence-electron chi connectivity index (χ0n) is 13.2. The molecular weight excluding hydrogens is 369 g/mol. The molecule has 0 saturated heterocycles. The number of carbonyl (C=O) groups is 1. The number of hydrogen-bond donors (Lipinski definition) is 1. The van der Waals surface area contributed by atoms with Crippen LogP contribution < -0.4 is 9.62 Å². The summed E-state index contributed by atoms with van der Waals surface area (Å²) in [5.41, 5.74) is -1.29. The first-order valence-corrected chi connectivity index (χ1v) is 9.30. The highest BCUT2D eigenvalue weighted by Crippen LogP contribution is 2.37. The van der Waals surface area contributed by atoms with Crippen molar-refractivity contribution in [2.75, 3.05) is 23.7 Å². The molecule has 10 heteroatoms. The molecule has 0 bridgehead atoms. The lowest BCUT2D eigenvalue weighted by Gasteiger charge is -2.24. The number of anilines is 1. The molecule has 1 aromatic carbocycles. The molecule has 5 nitrogen and oxygen atoms in total. The Morgan fingerprint density at radius 2 is 1.96 bits per heavy atom. The second kappa shape index (κ2) is 8.06. The van der Waals surface area contributed by atoms with Crippen LogP contribution in [-0.2, 0) is 21.0 Å². The van der Waals surface area contributed by atoms with Gasteiger partial charge in [0.1, 0.15) is 0 Å². The van der Waals surface area contributed by atoms with Gasteiger partial charge in [-0.1, -0.05) is 18.5 Å². The maximum Gasteiger partial charge on any atom is 0.417 e. The van der Waals surface area contributed by atoms with E-state index in [-0.39, 0.29) is 31.1 Å². The molecule has 0 atom stereocenters. The molecule has 0 radical (unpaired) electrons. The molecule has 0 aliphatic heterocycles. The number of amides is 1. The zero-order valence-corrected chi connectivity index (χ0v) is 14.7. The Morgan fingerprint density at radius 1 is 1.33 bits per heavy atom. The number of nitrogens with zero attached hydrogens (tertiary/aromatic N) is 1. The summed E-state index contributed by atoms with van der Waals surface area (Å²) in [6.07, 6.45) is -2.90. The molecule has 0 saturated carbocycles. The molecule has 136 valence electrons. The number of halogens is 4. The molecule has 1 rings (SSSR count).